The van der Waals surface area contributed by atoms with Crippen LogP contribution in [0.15, 0.2) is 60.8 Å². The minimum Gasteiger partial charge on any atom is -0.493 e. The van der Waals surface area contributed by atoms with Gasteiger partial charge in [0.15, 0.2) is 28.8 Å². The second kappa shape index (κ2) is 12.2. The van der Waals surface area contributed by atoms with Gasteiger partial charge in [-0.1, -0.05) is 24.3 Å². The summed E-state index contributed by atoms with van der Waals surface area (Å²) in [6.07, 6.45) is 6.77. The summed E-state index contributed by atoms with van der Waals surface area (Å²) in [7, 11) is 7.81. The van der Waals surface area contributed by atoms with Gasteiger partial charge in [0.1, 0.15) is 0 Å². The lowest BCUT2D eigenvalue weighted by Crippen LogP contribution is -2.02. The standard InChI is InChI=1S/C28H30N2O6/c1-32-24-15-18(10-11-19-16-25(33-2)28(36-5)26(17-19)34-3)14-22(27(24)35-4)30-13-12-23(31)20-8-6-7-9-21(20)29/h6-17,30H,29H2,1-5H3/b11-10-,13-12-. The van der Waals surface area contributed by atoms with Gasteiger partial charge in [0, 0.05) is 23.5 Å². The highest BCUT2D eigenvalue weighted by atomic mass is 16.5. The van der Waals surface area contributed by atoms with Gasteiger partial charge in [-0.25, -0.2) is 0 Å². The van der Waals surface area contributed by atoms with Crippen LogP contribution < -0.4 is 34.7 Å². The number of hydrogen-bond donors (Lipinski definition) is 2. The van der Waals surface area contributed by atoms with Gasteiger partial charge in [-0.05, 0) is 47.5 Å². The molecule has 0 aliphatic rings. The number of benzene rings is 3. The lowest BCUT2D eigenvalue weighted by atomic mass is 10.1. The van der Waals surface area contributed by atoms with E-state index in [9.17, 15) is 4.79 Å². The van der Waals surface area contributed by atoms with Crippen LogP contribution in [-0.4, -0.2) is 41.3 Å². The van der Waals surface area contributed by atoms with Crippen molar-refractivity contribution in [2.45, 2.75) is 0 Å². The van der Waals surface area contributed by atoms with Crippen LogP contribution in [0.1, 0.15) is 21.5 Å². The van der Waals surface area contributed by atoms with Crippen molar-refractivity contribution in [3.8, 4) is 28.7 Å². The van der Waals surface area contributed by atoms with E-state index < -0.39 is 0 Å². The molecule has 0 aliphatic carbocycles. The number of allylic oxidation sites excluding steroid dienone is 1. The Kier molecular flexibility index (Phi) is 8.83. The monoisotopic (exact) mass is 490 g/mol. The van der Waals surface area contributed by atoms with Crippen LogP contribution in [0.3, 0.4) is 0 Å². The number of carbonyl (C=O) groups excluding carboxylic acids is 1. The summed E-state index contributed by atoms with van der Waals surface area (Å²) < 4.78 is 27.3. The molecule has 8 nitrogen and oxygen atoms in total. The lowest BCUT2D eigenvalue weighted by molar-refractivity contribution is 0.104. The highest BCUT2D eigenvalue weighted by molar-refractivity contribution is 6.08. The summed E-state index contributed by atoms with van der Waals surface area (Å²) in [6.45, 7) is 0. The number of hydrogen-bond acceptors (Lipinski definition) is 8. The number of nitrogen functional groups attached to an aromatic ring is 1. The molecule has 188 valence electrons. The van der Waals surface area contributed by atoms with E-state index in [1.807, 2.05) is 36.4 Å². The average Bonchev–Trinajstić information content (AvgIpc) is 2.90. The predicted octanol–water partition coefficient (Wildman–Crippen LogP) is 5.29. The highest BCUT2D eigenvalue weighted by Crippen LogP contribution is 2.40. The van der Waals surface area contributed by atoms with Gasteiger partial charge in [0.2, 0.25) is 5.75 Å². The largest absolute Gasteiger partial charge is 0.493 e. The number of nitrogens with two attached hydrogens (primary N) is 1. The van der Waals surface area contributed by atoms with E-state index in [1.54, 1.807) is 66.0 Å². The molecule has 36 heavy (non-hydrogen) atoms. The van der Waals surface area contributed by atoms with E-state index in [1.165, 1.54) is 6.08 Å². The van der Waals surface area contributed by atoms with Gasteiger partial charge in [0.05, 0.1) is 41.2 Å². The normalized spacial score (nSPS) is 10.9. The quantitative estimate of drug-likeness (QED) is 0.162. The van der Waals surface area contributed by atoms with E-state index in [0.717, 1.165) is 11.1 Å². The van der Waals surface area contributed by atoms with E-state index in [4.69, 9.17) is 29.4 Å². The molecule has 3 N–H and O–H groups in total. The van der Waals surface area contributed by atoms with Gasteiger partial charge < -0.3 is 34.7 Å². The molecular weight excluding hydrogens is 460 g/mol. The molecular formula is C28H30N2O6. The molecule has 3 aromatic rings. The van der Waals surface area contributed by atoms with Crippen molar-refractivity contribution in [1.82, 2.24) is 0 Å². The highest BCUT2D eigenvalue weighted by Gasteiger charge is 2.14. The molecule has 0 spiro atoms. The maximum Gasteiger partial charge on any atom is 0.203 e. The fraction of sp³-hybridized carbons (Fsp3) is 0.179. The van der Waals surface area contributed by atoms with E-state index >= 15 is 0 Å². The molecule has 0 unspecified atom stereocenters. The van der Waals surface area contributed by atoms with E-state index in [0.29, 0.717) is 45.7 Å². The van der Waals surface area contributed by atoms with Gasteiger partial charge in [0.25, 0.3) is 0 Å². The number of ketones is 1. The zero-order chi connectivity index (χ0) is 26.1. The van der Waals surface area contributed by atoms with E-state index in [2.05, 4.69) is 5.32 Å². The third-order valence-electron chi connectivity index (χ3n) is 5.36. The van der Waals surface area contributed by atoms with Crippen LogP contribution in [-0.2, 0) is 0 Å². The Morgan fingerprint density at radius 3 is 1.81 bits per heavy atom. The van der Waals surface area contributed by atoms with Crippen molar-refractivity contribution in [1.29, 1.82) is 0 Å². The maximum atomic E-state index is 12.5. The first-order valence-corrected chi connectivity index (χ1v) is 11.0. The Bertz CT molecular complexity index is 1260. The molecule has 3 aromatic carbocycles. The first kappa shape index (κ1) is 26.0. The van der Waals surface area contributed by atoms with E-state index in [-0.39, 0.29) is 5.78 Å². The molecule has 0 radical (unpaired) electrons. The molecule has 0 saturated heterocycles. The summed E-state index contributed by atoms with van der Waals surface area (Å²) in [5.41, 5.74) is 9.05. The van der Waals surface area contributed by atoms with Crippen molar-refractivity contribution in [3.05, 3.63) is 77.5 Å². The molecule has 8 heteroatoms. The molecule has 0 aromatic heterocycles. The van der Waals surface area contributed by atoms with Crippen LogP contribution in [0, 0.1) is 0 Å². The minimum absolute atomic E-state index is 0.218. The van der Waals surface area contributed by atoms with Crippen LogP contribution in [0.4, 0.5) is 11.4 Å². The molecule has 0 aliphatic heterocycles. The van der Waals surface area contributed by atoms with Gasteiger partial charge >= 0.3 is 0 Å². The summed E-state index contributed by atoms with van der Waals surface area (Å²) in [5, 5.41) is 3.11. The summed E-state index contributed by atoms with van der Waals surface area (Å²) in [4.78, 5) is 12.5. The topological polar surface area (TPSA) is 101 Å². The molecule has 0 saturated carbocycles. The summed E-state index contributed by atoms with van der Waals surface area (Å²) >= 11 is 0. The third-order valence-corrected chi connectivity index (χ3v) is 5.36. The number of rotatable bonds is 11. The Morgan fingerprint density at radius 1 is 0.750 bits per heavy atom. The maximum absolute atomic E-state index is 12.5. The fourth-order valence-corrected chi connectivity index (χ4v) is 3.60. The first-order chi connectivity index (χ1) is 17.4. The van der Waals surface area contributed by atoms with Crippen LogP contribution >= 0.6 is 0 Å². The molecule has 3 rings (SSSR count). The van der Waals surface area contributed by atoms with Gasteiger partial charge in [-0.2, -0.15) is 0 Å². The van der Waals surface area contributed by atoms with Crippen molar-refractivity contribution in [2.75, 3.05) is 46.6 Å². The third kappa shape index (κ3) is 5.90. The number of ether oxygens (including phenoxy) is 5. The van der Waals surface area contributed by atoms with Crippen molar-refractivity contribution in [3.63, 3.8) is 0 Å². The molecule has 0 fully saturated rings. The van der Waals surface area contributed by atoms with Crippen molar-refractivity contribution < 1.29 is 28.5 Å². The Morgan fingerprint density at radius 2 is 1.28 bits per heavy atom. The van der Waals surface area contributed by atoms with Crippen LogP contribution in [0.2, 0.25) is 0 Å². The molecule has 0 bridgehead atoms. The second-order valence-electron chi connectivity index (χ2n) is 7.53. The van der Waals surface area contributed by atoms with Gasteiger partial charge in [-0.3, -0.25) is 4.79 Å². The first-order valence-electron chi connectivity index (χ1n) is 11.0. The zero-order valence-corrected chi connectivity index (χ0v) is 21.0. The fourth-order valence-electron chi connectivity index (χ4n) is 3.60. The number of nitrogens with one attached hydrogen (secondary N) is 1. The van der Waals surface area contributed by atoms with Crippen molar-refractivity contribution in [2.24, 2.45) is 0 Å². The molecule has 0 atom stereocenters. The Hall–Kier alpha value is -4.59. The second-order valence-corrected chi connectivity index (χ2v) is 7.53. The number of anilines is 2. The average molecular weight is 491 g/mol. The number of para-hydroxylation sites is 1. The van der Waals surface area contributed by atoms with Crippen molar-refractivity contribution >= 4 is 29.3 Å². The zero-order valence-electron chi connectivity index (χ0n) is 21.0. The Labute approximate surface area is 210 Å². The van der Waals surface area contributed by atoms with Crippen LogP contribution in [0.5, 0.6) is 28.7 Å². The number of methoxy groups -OCH3 is 5. The SMILES string of the molecule is COc1cc(/C=C\c2cc(OC)c(OC)c(OC)c2)cc(N/C=C\C(=O)c2ccccc2N)c1OC. The summed E-state index contributed by atoms with van der Waals surface area (Å²) in [6, 6.07) is 14.3. The summed E-state index contributed by atoms with van der Waals surface area (Å²) in [5.74, 6) is 2.44. The lowest BCUT2D eigenvalue weighted by Gasteiger charge is -2.14. The Balaban J connectivity index is 1.90. The van der Waals surface area contributed by atoms with Crippen LogP contribution in [0.25, 0.3) is 12.2 Å². The predicted molar refractivity (Wildman–Crippen MR) is 143 cm³/mol. The molecule has 0 amide bonds. The number of carbonyl (C=O) groups is 1. The van der Waals surface area contributed by atoms with Gasteiger partial charge in [-0.15, -0.1) is 0 Å². The minimum atomic E-state index is -0.218. The smallest absolute Gasteiger partial charge is 0.203 e. The molecule has 0 heterocycles.